The number of carbonyl (C=O) groups is 1. The maximum atomic E-state index is 10.6. The van der Waals surface area contributed by atoms with Crippen molar-refractivity contribution in [2.75, 3.05) is 0 Å². The van der Waals surface area contributed by atoms with Crippen LogP contribution in [-0.4, -0.2) is 11.1 Å². The molecule has 20 heavy (non-hydrogen) atoms. The highest BCUT2D eigenvalue weighted by molar-refractivity contribution is 5.69. The zero-order valence-corrected chi connectivity index (χ0v) is 13.8. The van der Waals surface area contributed by atoms with Crippen LogP contribution in [0.15, 0.2) is 0 Å². The average Bonchev–Trinajstić information content (AvgIpc) is 2.43. The summed E-state index contributed by atoms with van der Waals surface area (Å²) in [4.78, 5) is 10.6. The molecule has 0 rings (SSSR count). The molecule has 0 aromatic carbocycles. The van der Waals surface area contributed by atoms with E-state index in [0.717, 1.165) is 12.8 Å². The van der Waals surface area contributed by atoms with E-state index in [2.05, 4.69) is 6.92 Å². The summed E-state index contributed by atoms with van der Waals surface area (Å²) in [5.41, 5.74) is 0. The lowest BCUT2D eigenvalue weighted by Crippen LogP contribution is -2.08. The van der Waals surface area contributed by atoms with Gasteiger partial charge in [0.2, 0.25) is 0 Å². The monoisotopic (exact) mass is 284 g/mol. The SMILES string of the molecule is CCCCCCCCCCCCCCC[C@@H](C)C(=O)O. The molecule has 0 saturated heterocycles. The second-order valence-electron chi connectivity index (χ2n) is 6.27. The number of aliphatic carboxylic acids is 1. The lowest BCUT2D eigenvalue weighted by atomic mass is 10.0. The molecule has 0 fully saturated rings. The van der Waals surface area contributed by atoms with E-state index in [-0.39, 0.29) is 5.92 Å². The van der Waals surface area contributed by atoms with Gasteiger partial charge in [-0.05, 0) is 6.42 Å². The highest BCUT2D eigenvalue weighted by atomic mass is 16.4. The van der Waals surface area contributed by atoms with E-state index in [1.165, 1.54) is 77.0 Å². The molecule has 120 valence electrons. The molecule has 0 radical (unpaired) electrons. The van der Waals surface area contributed by atoms with Crippen molar-refractivity contribution in [1.29, 1.82) is 0 Å². The van der Waals surface area contributed by atoms with Gasteiger partial charge in [0.15, 0.2) is 0 Å². The molecule has 2 nitrogen and oxygen atoms in total. The van der Waals surface area contributed by atoms with Crippen molar-refractivity contribution in [3.8, 4) is 0 Å². The van der Waals surface area contributed by atoms with Gasteiger partial charge in [0, 0.05) is 0 Å². The molecule has 0 aromatic heterocycles. The largest absolute Gasteiger partial charge is 0.481 e. The highest BCUT2D eigenvalue weighted by Crippen LogP contribution is 2.14. The molecular weight excluding hydrogens is 248 g/mol. The van der Waals surface area contributed by atoms with Crippen LogP contribution in [-0.2, 0) is 4.79 Å². The van der Waals surface area contributed by atoms with E-state index < -0.39 is 5.97 Å². The van der Waals surface area contributed by atoms with Crippen molar-refractivity contribution in [3.63, 3.8) is 0 Å². The molecule has 0 aliphatic rings. The first-order valence-corrected chi connectivity index (χ1v) is 8.91. The van der Waals surface area contributed by atoms with Gasteiger partial charge in [-0.15, -0.1) is 0 Å². The van der Waals surface area contributed by atoms with Gasteiger partial charge in [-0.25, -0.2) is 0 Å². The molecule has 0 aliphatic heterocycles. The Labute approximate surface area is 126 Å². The summed E-state index contributed by atoms with van der Waals surface area (Å²) in [5, 5.41) is 8.77. The van der Waals surface area contributed by atoms with Gasteiger partial charge in [-0.1, -0.05) is 97.3 Å². The fourth-order valence-corrected chi connectivity index (χ4v) is 2.59. The highest BCUT2D eigenvalue weighted by Gasteiger charge is 2.09. The maximum Gasteiger partial charge on any atom is 0.306 e. The van der Waals surface area contributed by atoms with Crippen LogP contribution in [0.3, 0.4) is 0 Å². The number of rotatable bonds is 15. The van der Waals surface area contributed by atoms with E-state index in [9.17, 15) is 4.79 Å². The Morgan fingerprint density at radius 3 is 1.45 bits per heavy atom. The third-order valence-electron chi connectivity index (χ3n) is 4.16. The van der Waals surface area contributed by atoms with E-state index >= 15 is 0 Å². The number of unbranched alkanes of at least 4 members (excludes halogenated alkanes) is 12. The Kier molecular flexibility index (Phi) is 14.5. The van der Waals surface area contributed by atoms with Crippen LogP contribution in [0.5, 0.6) is 0 Å². The van der Waals surface area contributed by atoms with Gasteiger partial charge in [0.25, 0.3) is 0 Å². The standard InChI is InChI=1S/C18H36O2/c1-3-4-5-6-7-8-9-10-11-12-13-14-15-16-17(2)18(19)20/h17H,3-16H2,1-2H3,(H,19,20)/t17-/m1/s1. The van der Waals surface area contributed by atoms with E-state index in [0.29, 0.717) is 0 Å². The topological polar surface area (TPSA) is 37.3 Å². The Hall–Kier alpha value is -0.530. The van der Waals surface area contributed by atoms with Crippen LogP contribution >= 0.6 is 0 Å². The van der Waals surface area contributed by atoms with Crippen LogP contribution in [0.4, 0.5) is 0 Å². The first-order valence-electron chi connectivity index (χ1n) is 8.91. The summed E-state index contributed by atoms with van der Waals surface area (Å²) in [5.74, 6) is -0.813. The second kappa shape index (κ2) is 14.9. The van der Waals surface area contributed by atoms with Crippen LogP contribution in [0.2, 0.25) is 0 Å². The van der Waals surface area contributed by atoms with Gasteiger partial charge < -0.3 is 5.11 Å². The Morgan fingerprint density at radius 2 is 1.10 bits per heavy atom. The maximum absolute atomic E-state index is 10.6. The van der Waals surface area contributed by atoms with Gasteiger partial charge in [0.05, 0.1) is 5.92 Å². The van der Waals surface area contributed by atoms with Crippen molar-refractivity contribution in [2.24, 2.45) is 5.92 Å². The normalized spacial score (nSPS) is 12.5. The lowest BCUT2D eigenvalue weighted by molar-refractivity contribution is -0.141. The summed E-state index contributed by atoms with van der Waals surface area (Å²) < 4.78 is 0. The molecule has 0 amide bonds. The average molecular weight is 284 g/mol. The van der Waals surface area contributed by atoms with Crippen LogP contribution < -0.4 is 0 Å². The molecule has 0 heterocycles. The van der Waals surface area contributed by atoms with Crippen molar-refractivity contribution < 1.29 is 9.90 Å². The molecular formula is C18H36O2. The predicted octanol–water partition coefficient (Wildman–Crippen LogP) is 6.19. The summed E-state index contributed by atoms with van der Waals surface area (Å²) >= 11 is 0. The molecule has 0 spiro atoms. The van der Waals surface area contributed by atoms with Crippen molar-refractivity contribution in [2.45, 2.75) is 104 Å². The minimum Gasteiger partial charge on any atom is -0.481 e. The predicted molar refractivity (Wildman–Crippen MR) is 87.1 cm³/mol. The van der Waals surface area contributed by atoms with Gasteiger partial charge in [-0.3, -0.25) is 4.79 Å². The fourth-order valence-electron chi connectivity index (χ4n) is 2.59. The van der Waals surface area contributed by atoms with Crippen molar-refractivity contribution >= 4 is 5.97 Å². The van der Waals surface area contributed by atoms with Gasteiger partial charge in [0.1, 0.15) is 0 Å². The molecule has 1 atom stereocenters. The van der Waals surface area contributed by atoms with Crippen LogP contribution in [0.25, 0.3) is 0 Å². The van der Waals surface area contributed by atoms with E-state index in [1.54, 1.807) is 0 Å². The molecule has 0 aliphatic carbocycles. The molecule has 2 heteroatoms. The number of hydrogen-bond donors (Lipinski definition) is 1. The van der Waals surface area contributed by atoms with Crippen LogP contribution in [0, 0.1) is 5.92 Å². The third-order valence-corrected chi connectivity index (χ3v) is 4.16. The number of hydrogen-bond acceptors (Lipinski definition) is 1. The zero-order chi connectivity index (χ0) is 15.1. The number of carboxylic acid groups (broad SMARTS) is 1. The molecule has 0 unspecified atom stereocenters. The van der Waals surface area contributed by atoms with Crippen molar-refractivity contribution in [3.05, 3.63) is 0 Å². The van der Waals surface area contributed by atoms with Gasteiger partial charge >= 0.3 is 5.97 Å². The molecule has 0 aromatic rings. The van der Waals surface area contributed by atoms with E-state index in [4.69, 9.17) is 5.11 Å². The van der Waals surface area contributed by atoms with Crippen molar-refractivity contribution in [1.82, 2.24) is 0 Å². The molecule has 0 bridgehead atoms. The minimum atomic E-state index is -0.649. The summed E-state index contributed by atoms with van der Waals surface area (Å²) in [6.07, 6.45) is 18.3. The first kappa shape index (κ1) is 19.5. The van der Waals surface area contributed by atoms with E-state index in [1.807, 2.05) is 6.92 Å². The Bertz CT molecular complexity index is 213. The first-order chi connectivity index (χ1) is 9.68. The smallest absolute Gasteiger partial charge is 0.306 e. The Morgan fingerprint density at radius 1 is 0.750 bits per heavy atom. The zero-order valence-electron chi connectivity index (χ0n) is 13.8. The quantitative estimate of drug-likeness (QED) is 0.364. The van der Waals surface area contributed by atoms with Crippen LogP contribution in [0.1, 0.15) is 104 Å². The molecule has 0 saturated carbocycles. The minimum absolute atomic E-state index is 0.164. The summed E-state index contributed by atoms with van der Waals surface area (Å²) in [6.45, 7) is 4.07. The lowest BCUT2D eigenvalue weighted by Gasteiger charge is -2.05. The van der Waals surface area contributed by atoms with Gasteiger partial charge in [-0.2, -0.15) is 0 Å². The Balaban J connectivity index is 3.04. The molecule has 1 N–H and O–H groups in total. The fraction of sp³-hybridized carbons (Fsp3) is 0.944. The third kappa shape index (κ3) is 13.9. The number of carboxylic acids is 1. The summed E-state index contributed by atoms with van der Waals surface area (Å²) in [6, 6.07) is 0. The summed E-state index contributed by atoms with van der Waals surface area (Å²) in [7, 11) is 0. The second-order valence-corrected chi connectivity index (χ2v) is 6.27.